The van der Waals surface area contributed by atoms with E-state index < -0.39 is 0 Å². The molecule has 0 bridgehead atoms. The van der Waals surface area contributed by atoms with Crippen LogP contribution in [0.3, 0.4) is 0 Å². The molecule has 0 atom stereocenters. The highest BCUT2D eigenvalue weighted by molar-refractivity contribution is 4.75. The molecule has 0 rings (SSSR count). The minimum absolute atomic E-state index is 0.614. The van der Waals surface area contributed by atoms with E-state index >= 15 is 0 Å². The second kappa shape index (κ2) is 51.4. The minimum Gasteiger partial charge on any atom is -0.0654 e. The fraction of sp³-hybridized carbons (Fsp3) is 1.00. The lowest BCUT2D eigenvalue weighted by atomic mass is 9.75. The van der Waals surface area contributed by atoms with Crippen LogP contribution in [0.25, 0.3) is 0 Å². The minimum atomic E-state index is 0.614. The standard InChI is InChI=1S/C58H118/c1-5-8-11-14-17-20-23-26-27-28-29-30-31-32-33-34-35-36-39-42-45-48-51-54-57-58(4,55-52-49-46-43-40-37-24-21-18-15-12-9-6-2)56-53-50-47-44-41-38-25-22-19-16-13-10-7-3/h5-57H2,1-4H3. The molecule has 350 valence electrons. The second-order valence-electron chi connectivity index (χ2n) is 20.7. The fourth-order valence-corrected chi connectivity index (χ4v) is 10.0. The van der Waals surface area contributed by atoms with Gasteiger partial charge in [0, 0.05) is 0 Å². The van der Waals surface area contributed by atoms with E-state index in [4.69, 9.17) is 0 Å². The summed E-state index contributed by atoms with van der Waals surface area (Å²) in [5, 5.41) is 0. The molecule has 0 fully saturated rings. The van der Waals surface area contributed by atoms with E-state index in [1.165, 1.54) is 340 Å². The summed E-state index contributed by atoms with van der Waals surface area (Å²) in [7, 11) is 0. The first kappa shape index (κ1) is 58.0. The van der Waals surface area contributed by atoms with Crippen molar-refractivity contribution in [2.45, 2.75) is 368 Å². The number of hydrogen-bond donors (Lipinski definition) is 0. The molecule has 0 aliphatic carbocycles. The number of unbranched alkanes of at least 4 members (excludes halogenated alkanes) is 47. The van der Waals surface area contributed by atoms with Gasteiger partial charge >= 0.3 is 0 Å². The van der Waals surface area contributed by atoms with Gasteiger partial charge in [0.2, 0.25) is 0 Å². The molecule has 0 radical (unpaired) electrons. The highest BCUT2D eigenvalue weighted by Gasteiger charge is 2.22. The maximum Gasteiger partial charge on any atom is -0.0326 e. The van der Waals surface area contributed by atoms with Gasteiger partial charge in [-0.3, -0.25) is 0 Å². The van der Waals surface area contributed by atoms with Crippen LogP contribution in [0.15, 0.2) is 0 Å². The molecule has 0 saturated heterocycles. The van der Waals surface area contributed by atoms with Crippen molar-refractivity contribution in [2.75, 3.05) is 0 Å². The molecule has 0 aliphatic heterocycles. The zero-order valence-corrected chi connectivity index (χ0v) is 42.0. The van der Waals surface area contributed by atoms with E-state index in [0.717, 1.165) is 0 Å². The Balaban J connectivity index is 3.95. The van der Waals surface area contributed by atoms with Gasteiger partial charge < -0.3 is 0 Å². The quantitative estimate of drug-likeness (QED) is 0.0537. The van der Waals surface area contributed by atoms with Crippen LogP contribution in [0.4, 0.5) is 0 Å². The largest absolute Gasteiger partial charge is 0.0654 e. The zero-order valence-electron chi connectivity index (χ0n) is 42.0. The van der Waals surface area contributed by atoms with Crippen LogP contribution >= 0.6 is 0 Å². The fourth-order valence-electron chi connectivity index (χ4n) is 10.0. The molecule has 0 aliphatic rings. The van der Waals surface area contributed by atoms with Crippen molar-refractivity contribution in [3.63, 3.8) is 0 Å². The van der Waals surface area contributed by atoms with E-state index in [0.29, 0.717) is 5.41 Å². The van der Waals surface area contributed by atoms with Crippen LogP contribution in [0.5, 0.6) is 0 Å². The summed E-state index contributed by atoms with van der Waals surface area (Å²) < 4.78 is 0. The lowest BCUT2D eigenvalue weighted by Gasteiger charge is -2.30. The summed E-state index contributed by atoms with van der Waals surface area (Å²) in [6, 6.07) is 0. The maximum atomic E-state index is 2.70. The Morgan fingerprint density at radius 2 is 0.259 bits per heavy atom. The molecule has 0 aromatic heterocycles. The molecule has 0 nitrogen and oxygen atoms in total. The van der Waals surface area contributed by atoms with Crippen molar-refractivity contribution in [1.82, 2.24) is 0 Å². The van der Waals surface area contributed by atoms with Gasteiger partial charge in [-0.25, -0.2) is 0 Å². The molecule has 0 saturated carbocycles. The Bertz CT molecular complexity index is 662. The van der Waals surface area contributed by atoms with Gasteiger partial charge in [0.25, 0.3) is 0 Å². The second-order valence-corrected chi connectivity index (χ2v) is 20.7. The van der Waals surface area contributed by atoms with Crippen molar-refractivity contribution in [3.8, 4) is 0 Å². The monoisotopic (exact) mass is 815 g/mol. The Morgan fingerprint density at radius 3 is 0.379 bits per heavy atom. The van der Waals surface area contributed by atoms with E-state index in [9.17, 15) is 0 Å². The van der Waals surface area contributed by atoms with E-state index in [-0.39, 0.29) is 0 Å². The van der Waals surface area contributed by atoms with Crippen LogP contribution in [0, 0.1) is 5.41 Å². The van der Waals surface area contributed by atoms with Crippen LogP contribution in [0.2, 0.25) is 0 Å². The molecule has 0 unspecified atom stereocenters. The Hall–Kier alpha value is 0. The van der Waals surface area contributed by atoms with Gasteiger partial charge in [-0.1, -0.05) is 349 Å². The summed E-state index contributed by atoms with van der Waals surface area (Å²) in [6.07, 6.45) is 78.5. The van der Waals surface area contributed by atoms with E-state index in [1.807, 2.05) is 0 Å². The number of hydrogen-bond acceptors (Lipinski definition) is 0. The van der Waals surface area contributed by atoms with E-state index in [1.54, 1.807) is 0 Å². The van der Waals surface area contributed by atoms with Crippen molar-refractivity contribution in [1.29, 1.82) is 0 Å². The normalized spacial score (nSPS) is 12.0. The van der Waals surface area contributed by atoms with Gasteiger partial charge in [-0.05, 0) is 24.7 Å². The molecular formula is C58H118. The summed E-state index contributed by atoms with van der Waals surface area (Å²) in [4.78, 5) is 0. The Kier molecular flexibility index (Phi) is 51.4. The Morgan fingerprint density at radius 1 is 0.155 bits per heavy atom. The Labute approximate surface area is 372 Å². The summed E-state index contributed by atoms with van der Waals surface area (Å²) >= 11 is 0. The third-order valence-electron chi connectivity index (χ3n) is 14.4. The average molecular weight is 816 g/mol. The van der Waals surface area contributed by atoms with E-state index in [2.05, 4.69) is 27.7 Å². The molecular weight excluding hydrogens is 697 g/mol. The first-order valence-electron chi connectivity index (χ1n) is 28.7. The molecule has 0 amide bonds. The smallest absolute Gasteiger partial charge is 0.0326 e. The van der Waals surface area contributed by atoms with Crippen molar-refractivity contribution >= 4 is 0 Å². The van der Waals surface area contributed by atoms with Gasteiger partial charge in [-0.15, -0.1) is 0 Å². The predicted molar refractivity (Wildman–Crippen MR) is 270 cm³/mol. The topological polar surface area (TPSA) is 0 Å². The van der Waals surface area contributed by atoms with Crippen molar-refractivity contribution in [3.05, 3.63) is 0 Å². The lowest BCUT2D eigenvalue weighted by molar-refractivity contribution is 0.222. The summed E-state index contributed by atoms with van der Waals surface area (Å²) in [5.41, 5.74) is 0.614. The molecule has 0 spiro atoms. The third kappa shape index (κ3) is 48.7. The maximum absolute atomic E-state index is 2.70. The highest BCUT2D eigenvalue weighted by Crippen LogP contribution is 2.37. The van der Waals surface area contributed by atoms with Crippen LogP contribution in [-0.2, 0) is 0 Å². The van der Waals surface area contributed by atoms with Gasteiger partial charge in [0.05, 0.1) is 0 Å². The van der Waals surface area contributed by atoms with Crippen molar-refractivity contribution in [2.24, 2.45) is 5.41 Å². The van der Waals surface area contributed by atoms with Gasteiger partial charge in [0.15, 0.2) is 0 Å². The molecule has 0 aromatic rings. The molecule has 0 heterocycles. The van der Waals surface area contributed by atoms with Crippen molar-refractivity contribution < 1.29 is 0 Å². The first-order chi connectivity index (χ1) is 28.7. The SMILES string of the molecule is CCCCCCCCCCCCCCCCCCCCCCCCCCC(C)(CCCCCCCCCCCCCCC)CCCCCCCCCCCCCCC. The molecule has 0 heteroatoms. The zero-order chi connectivity index (χ0) is 42.0. The summed E-state index contributed by atoms with van der Waals surface area (Å²) in [6.45, 7) is 9.67. The average Bonchev–Trinajstić information content (AvgIpc) is 3.23. The summed E-state index contributed by atoms with van der Waals surface area (Å²) in [5.74, 6) is 0. The van der Waals surface area contributed by atoms with Crippen LogP contribution in [0.1, 0.15) is 368 Å². The van der Waals surface area contributed by atoms with Gasteiger partial charge in [-0.2, -0.15) is 0 Å². The van der Waals surface area contributed by atoms with Crippen LogP contribution in [-0.4, -0.2) is 0 Å². The highest BCUT2D eigenvalue weighted by atomic mass is 14.3. The first-order valence-corrected chi connectivity index (χ1v) is 28.7. The predicted octanol–water partition coefficient (Wildman–Crippen LogP) is 22.7. The van der Waals surface area contributed by atoms with Crippen LogP contribution < -0.4 is 0 Å². The van der Waals surface area contributed by atoms with Gasteiger partial charge in [0.1, 0.15) is 0 Å². The third-order valence-corrected chi connectivity index (χ3v) is 14.4. The molecule has 58 heavy (non-hydrogen) atoms. The molecule has 0 N–H and O–H groups in total. The molecule has 0 aromatic carbocycles. The number of rotatable bonds is 53. The lowest BCUT2D eigenvalue weighted by Crippen LogP contribution is -2.16.